The van der Waals surface area contributed by atoms with Gasteiger partial charge in [-0.3, -0.25) is 9.59 Å². The third-order valence-electron chi connectivity index (χ3n) is 2.94. The van der Waals surface area contributed by atoms with E-state index in [9.17, 15) is 14.4 Å². The van der Waals surface area contributed by atoms with Gasteiger partial charge in [-0.2, -0.15) is 0 Å². The summed E-state index contributed by atoms with van der Waals surface area (Å²) >= 11 is 0. The van der Waals surface area contributed by atoms with E-state index >= 15 is 0 Å². The molecule has 2 N–H and O–H groups in total. The molecule has 0 spiro atoms. The Morgan fingerprint density at radius 1 is 1.35 bits per heavy atom. The van der Waals surface area contributed by atoms with Crippen molar-refractivity contribution in [3.05, 3.63) is 0 Å². The quantitative estimate of drug-likeness (QED) is 0.746. The highest BCUT2D eigenvalue weighted by Crippen LogP contribution is 2.13. The van der Waals surface area contributed by atoms with Crippen LogP contribution in [-0.4, -0.2) is 35.5 Å². The van der Waals surface area contributed by atoms with Crippen LogP contribution in [0.1, 0.15) is 47.5 Å². The maximum atomic E-state index is 12.1. The van der Waals surface area contributed by atoms with E-state index in [1.165, 1.54) is 0 Å². The summed E-state index contributed by atoms with van der Waals surface area (Å²) in [6.07, 6.45) is 0.806. The van der Waals surface area contributed by atoms with Crippen molar-refractivity contribution in [3.63, 3.8) is 0 Å². The van der Waals surface area contributed by atoms with Crippen LogP contribution in [0.3, 0.4) is 0 Å². The maximum absolute atomic E-state index is 12.1. The van der Waals surface area contributed by atoms with Crippen molar-refractivity contribution in [1.82, 2.24) is 10.6 Å². The summed E-state index contributed by atoms with van der Waals surface area (Å²) in [5.74, 6) is -1.01. The number of hydrogen-bond acceptors (Lipinski definition) is 4. The van der Waals surface area contributed by atoms with Gasteiger partial charge in [-0.05, 0) is 33.1 Å². The Morgan fingerprint density at radius 3 is 2.35 bits per heavy atom. The first-order valence-electron chi connectivity index (χ1n) is 6.93. The molecule has 1 rings (SSSR count). The van der Waals surface area contributed by atoms with Gasteiger partial charge in [-0.25, -0.2) is 4.79 Å². The van der Waals surface area contributed by atoms with Crippen LogP contribution in [0.15, 0.2) is 0 Å². The second-order valence-corrected chi connectivity index (χ2v) is 6.42. The number of carbonyl (C=O) groups excluding carboxylic acids is 3. The van der Waals surface area contributed by atoms with E-state index in [0.29, 0.717) is 12.8 Å². The van der Waals surface area contributed by atoms with Gasteiger partial charge < -0.3 is 15.4 Å². The third kappa shape index (κ3) is 4.83. The molecule has 0 aromatic rings. The molecular formula is C14H24N2O4. The minimum Gasteiger partial charge on any atom is -0.458 e. The first-order valence-corrected chi connectivity index (χ1v) is 6.93. The van der Waals surface area contributed by atoms with Crippen molar-refractivity contribution < 1.29 is 19.1 Å². The van der Waals surface area contributed by atoms with Crippen LogP contribution in [0.25, 0.3) is 0 Å². The lowest BCUT2D eigenvalue weighted by Crippen LogP contribution is -2.52. The fourth-order valence-electron chi connectivity index (χ4n) is 1.93. The largest absolute Gasteiger partial charge is 0.458 e. The average Bonchev–Trinajstić information content (AvgIpc) is 2.69. The number of rotatable bonds is 4. The van der Waals surface area contributed by atoms with Crippen LogP contribution in [0.4, 0.5) is 0 Å². The first kappa shape index (κ1) is 16.5. The molecule has 1 aliphatic rings. The number of ether oxygens (including phenoxy) is 1. The lowest BCUT2D eigenvalue weighted by molar-refractivity contribution is -0.160. The van der Waals surface area contributed by atoms with Crippen molar-refractivity contribution in [3.8, 4) is 0 Å². The second-order valence-electron chi connectivity index (χ2n) is 6.42. The monoisotopic (exact) mass is 284 g/mol. The highest BCUT2D eigenvalue weighted by molar-refractivity contribution is 5.93. The predicted molar refractivity (Wildman–Crippen MR) is 73.8 cm³/mol. The lowest BCUT2D eigenvalue weighted by Gasteiger charge is -2.27. The molecule has 20 heavy (non-hydrogen) atoms. The number of carbonyl (C=O) groups is 3. The molecule has 0 bridgehead atoms. The Bertz CT molecular complexity index is 398. The Morgan fingerprint density at radius 2 is 1.95 bits per heavy atom. The molecule has 6 heteroatoms. The van der Waals surface area contributed by atoms with Crippen molar-refractivity contribution in [2.45, 2.75) is 65.1 Å². The van der Waals surface area contributed by atoms with Gasteiger partial charge in [0.15, 0.2) is 0 Å². The van der Waals surface area contributed by atoms with Crippen molar-refractivity contribution in [2.24, 2.45) is 5.92 Å². The smallest absolute Gasteiger partial charge is 0.329 e. The number of hydrogen-bond donors (Lipinski definition) is 2. The molecule has 1 saturated heterocycles. The predicted octanol–water partition coefficient (Wildman–Crippen LogP) is 0.747. The summed E-state index contributed by atoms with van der Waals surface area (Å²) in [5, 5.41) is 5.26. The molecule has 0 saturated carbocycles. The standard InChI is InChI=1S/C14H24N2O4/c1-8(2)11(13(19)20-14(3,4)5)16-12(18)9-6-7-10(17)15-9/h8-9,11H,6-7H2,1-5H3,(H,15,17)(H,16,18)/t9-,11+/m0/s1. The van der Waals surface area contributed by atoms with Crippen molar-refractivity contribution in [1.29, 1.82) is 0 Å². The summed E-state index contributed by atoms with van der Waals surface area (Å²) in [5.41, 5.74) is -0.601. The molecule has 0 aliphatic carbocycles. The van der Waals surface area contributed by atoms with E-state index in [1.807, 2.05) is 13.8 Å². The molecule has 6 nitrogen and oxygen atoms in total. The lowest BCUT2D eigenvalue weighted by atomic mass is 10.0. The molecule has 0 aromatic carbocycles. The zero-order chi connectivity index (χ0) is 15.5. The van der Waals surface area contributed by atoms with E-state index in [2.05, 4.69) is 10.6 Å². The van der Waals surface area contributed by atoms with E-state index in [4.69, 9.17) is 4.74 Å². The zero-order valence-electron chi connectivity index (χ0n) is 12.8. The first-order chi connectivity index (χ1) is 9.10. The van der Waals surface area contributed by atoms with Crippen LogP contribution < -0.4 is 10.6 Å². The molecule has 2 amide bonds. The Hall–Kier alpha value is -1.59. The van der Waals surface area contributed by atoms with Gasteiger partial charge in [0.25, 0.3) is 0 Å². The van der Waals surface area contributed by atoms with Gasteiger partial charge in [-0.1, -0.05) is 13.8 Å². The summed E-state index contributed by atoms with van der Waals surface area (Å²) in [7, 11) is 0. The average molecular weight is 284 g/mol. The summed E-state index contributed by atoms with van der Waals surface area (Å²) in [4.78, 5) is 35.2. The Balaban J connectivity index is 2.65. The SMILES string of the molecule is CC(C)[C@@H](NC(=O)[C@@H]1CCC(=O)N1)C(=O)OC(C)(C)C. The highest BCUT2D eigenvalue weighted by atomic mass is 16.6. The van der Waals surface area contributed by atoms with Crippen LogP contribution >= 0.6 is 0 Å². The number of nitrogens with one attached hydrogen (secondary N) is 2. The van der Waals surface area contributed by atoms with Gasteiger partial charge in [0.2, 0.25) is 11.8 Å². The topological polar surface area (TPSA) is 84.5 Å². The fourth-order valence-corrected chi connectivity index (χ4v) is 1.93. The molecule has 0 radical (unpaired) electrons. The maximum Gasteiger partial charge on any atom is 0.329 e. The minimum atomic E-state index is -0.709. The van der Waals surface area contributed by atoms with Gasteiger partial charge in [0, 0.05) is 6.42 Å². The number of esters is 1. The molecule has 0 unspecified atom stereocenters. The highest BCUT2D eigenvalue weighted by Gasteiger charge is 2.33. The van der Waals surface area contributed by atoms with Gasteiger partial charge in [-0.15, -0.1) is 0 Å². The van der Waals surface area contributed by atoms with Gasteiger partial charge in [0.1, 0.15) is 17.7 Å². The summed E-state index contributed by atoms with van der Waals surface area (Å²) in [6, 6.07) is -1.26. The number of amides is 2. The zero-order valence-corrected chi connectivity index (χ0v) is 12.8. The van der Waals surface area contributed by atoms with E-state index in [0.717, 1.165) is 0 Å². The van der Waals surface area contributed by atoms with E-state index < -0.39 is 23.7 Å². The van der Waals surface area contributed by atoms with Crippen LogP contribution in [0.5, 0.6) is 0 Å². The van der Waals surface area contributed by atoms with E-state index in [1.54, 1.807) is 20.8 Å². The molecule has 1 heterocycles. The molecule has 114 valence electrons. The minimum absolute atomic E-state index is 0.0918. The molecule has 2 atom stereocenters. The summed E-state index contributed by atoms with van der Waals surface area (Å²) < 4.78 is 5.30. The molecule has 1 fully saturated rings. The van der Waals surface area contributed by atoms with Gasteiger partial charge >= 0.3 is 5.97 Å². The fraction of sp³-hybridized carbons (Fsp3) is 0.786. The van der Waals surface area contributed by atoms with E-state index in [-0.39, 0.29) is 17.7 Å². The van der Waals surface area contributed by atoms with Crippen LogP contribution in [0.2, 0.25) is 0 Å². The van der Waals surface area contributed by atoms with Gasteiger partial charge in [0.05, 0.1) is 0 Å². The van der Waals surface area contributed by atoms with Crippen molar-refractivity contribution >= 4 is 17.8 Å². The van der Waals surface area contributed by atoms with Crippen LogP contribution in [0, 0.1) is 5.92 Å². The Kier molecular flexibility index (Phi) is 5.14. The normalized spacial score (nSPS) is 20.5. The molecular weight excluding hydrogens is 260 g/mol. The molecule has 0 aromatic heterocycles. The summed E-state index contributed by atoms with van der Waals surface area (Å²) in [6.45, 7) is 9.01. The third-order valence-corrected chi connectivity index (χ3v) is 2.94. The second kappa shape index (κ2) is 6.24. The molecule has 1 aliphatic heterocycles. The Labute approximate surface area is 119 Å². The van der Waals surface area contributed by atoms with Crippen LogP contribution in [-0.2, 0) is 19.1 Å². The van der Waals surface area contributed by atoms with Crippen molar-refractivity contribution in [2.75, 3.05) is 0 Å².